The predicted molar refractivity (Wildman–Crippen MR) is 446 cm³/mol. The van der Waals surface area contributed by atoms with Crippen molar-refractivity contribution in [1.82, 2.24) is 0 Å². The summed E-state index contributed by atoms with van der Waals surface area (Å²) in [5.74, 6) is -2.09. The van der Waals surface area contributed by atoms with Crippen molar-refractivity contribution in [2.45, 2.75) is 508 Å². The van der Waals surface area contributed by atoms with Crippen LogP contribution in [-0.4, -0.2) is 96.7 Å². The number of hydrogen-bond donors (Lipinski definition) is 3. The van der Waals surface area contributed by atoms with Crippen molar-refractivity contribution in [3.63, 3.8) is 0 Å². The molecule has 108 heavy (non-hydrogen) atoms. The van der Waals surface area contributed by atoms with Gasteiger partial charge in [0.2, 0.25) is 0 Å². The minimum absolute atomic E-state index is 0.110. The zero-order valence-corrected chi connectivity index (χ0v) is 72.6. The summed E-state index contributed by atoms with van der Waals surface area (Å²) >= 11 is 0. The molecular weight excluding hydrogens is 1400 g/mol. The van der Waals surface area contributed by atoms with Crippen LogP contribution in [0.4, 0.5) is 0 Å². The van der Waals surface area contributed by atoms with Gasteiger partial charge in [0, 0.05) is 25.7 Å². The van der Waals surface area contributed by atoms with Gasteiger partial charge in [-0.25, -0.2) is 9.13 Å². The van der Waals surface area contributed by atoms with Crippen molar-refractivity contribution in [2.24, 2.45) is 0 Å². The fourth-order valence-corrected chi connectivity index (χ4v) is 15.6. The molecule has 19 heteroatoms. The summed E-state index contributed by atoms with van der Waals surface area (Å²) in [6.07, 6.45) is 79.1. The molecule has 642 valence electrons. The molecular formula is C89H174O17P2. The number of hydrogen-bond acceptors (Lipinski definition) is 15. The van der Waals surface area contributed by atoms with Crippen molar-refractivity contribution in [3.05, 3.63) is 0 Å². The number of phosphoric acid groups is 2. The summed E-state index contributed by atoms with van der Waals surface area (Å²) in [5, 5.41) is 10.7. The lowest BCUT2D eigenvalue weighted by Gasteiger charge is -2.21. The van der Waals surface area contributed by atoms with Gasteiger partial charge in [-0.3, -0.25) is 37.3 Å². The van der Waals surface area contributed by atoms with E-state index in [1.54, 1.807) is 0 Å². The van der Waals surface area contributed by atoms with Gasteiger partial charge in [0.15, 0.2) is 12.2 Å². The van der Waals surface area contributed by atoms with Crippen LogP contribution in [0, 0.1) is 0 Å². The first-order chi connectivity index (χ1) is 52.7. The van der Waals surface area contributed by atoms with Gasteiger partial charge in [0.05, 0.1) is 26.4 Å². The van der Waals surface area contributed by atoms with Crippen LogP contribution in [0.25, 0.3) is 0 Å². The van der Waals surface area contributed by atoms with Gasteiger partial charge in [0.25, 0.3) is 0 Å². The Labute approximate surface area is 664 Å². The van der Waals surface area contributed by atoms with E-state index >= 15 is 0 Å². The third-order valence-corrected chi connectivity index (χ3v) is 23.0. The molecule has 0 aliphatic rings. The molecule has 17 nitrogen and oxygen atoms in total. The quantitative estimate of drug-likeness (QED) is 0.0222. The van der Waals surface area contributed by atoms with Crippen LogP contribution in [-0.2, 0) is 65.4 Å². The van der Waals surface area contributed by atoms with Gasteiger partial charge in [-0.05, 0) is 25.7 Å². The SMILES string of the molecule is CCCCCCCCCCCCCCCCCCCCCC(=O)OC[C@H](COP(=O)(O)OCC(O)COP(=O)(O)OC[C@@H](COC(=O)CCCCCCCCCCCCCCC)OC(=O)CCCCCCCCCCCCCCCCCCC)OC(=O)CCCCCCCCCCCCCCCCCCCCC. The fourth-order valence-electron chi connectivity index (χ4n) is 14.1. The Kier molecular flexibility index (Phi) is 81.5. The molecule has 0 rings (SSSR count). The molecule has 0 spiro atoms. The van der Waals surface area contributed by atoms with Crippen molar-refractivity contribution >= 4 is 39.5 Å². The van der Waals surface area contributed by atoms with Crippen molar-refractivity contribution in [3.8, 4) is 0 Å². The Morgan fingerprint density at radius 2 is 0.370 bits per heavy atom. The van der Waals surface area contributed by atoms with Gasteiger partial charge >= 0.3 is 39.5 Å². The summed E-state index contributed by atoms with van der Waals surface area (Å²) in [5.41, 5.74) is 0. The van der Waals surface area contributed by atoms with Gasteiger partial charge in [-0.1, -0.05) is 439 Å². The summed E-state index contributed by atoms with van der Waals surface area (Å²) in [6, 6.07) is 0. The van der Waals surface area contributed by atoms with Crippen LogP contribution in [0.5, 0.6) is 0 Å². The summed E-state index contributed by atoms with van der Waals surface area (Å²) in [6.45, 7) is 5.09. The minimum atomic E-state index is -4.97. The number of carbonyl (C=O) groups excluding carboxylic acids is 4. The maximum absolute atomic E-state index is 13.2. The maximum Gasteiger partial charge on any atom is 0.472 e. The lowest BCUT2D eigenvalue weighted by Crippen LogP contribution is -2.30. The Morgan fingerprint density at radius 1 is 0.222 bits per heavy atom. The Morgan fingerprint density at radius 3 is 0.546 bits per heavy atom. The van der Waals surface area contributed by atoms with Gasteiger partial charge in [0.1, 0.15) is 19.3 Å². The molecule has 3 N–H and O–H groups in total. The van der Waals surface area contributed by atoms with E-state index in [0.29, 0.717) is 25.7 Å². The van der Waals surface area contributed by atoms with E-state index in [2.05, 4.69) is 27.7 Å². The highest BCUT2D eigenvalue weighted by Crippen LogP contribution is 2.45. The molecule has 0 fully saturated rings. The first-order valence-electron chi connectivity index (χ1n) is 46.3. The third-order valence-electron chi connectivity index (χ3n) is 21.1. The second-order valence-electron chi connectivity index (χ2n) is 32.0. The molecule has 5 atom stereocenters. The number of unbranched alkanes of at least 4 members (excludes halogenated alkanes) is 64. The lowest BCUT2D eigenvalue weighted by molar-refractivity contribution is -0.161. The van der Waals surface area contributed by atoms with Crippen LogP contribution >= 0.6 is 15.6 Å². The number of aliphatic hydroxyl groups is 1. The van der Waals surface area contributed by atoms with E-state index in [1.807, 2.05) is 0 Å². The number of phosphoric ester groups is 2. The van der Waals surface area contributed by atoms with E-state index in [4.69, 9.17) is 37.0 Å². The summed E-state index contributed by atoms with van der Waals surface area (Å²) in [7, 11) is -9.93. The number of rotatable bonds is 90. The minimum Gasteiger partial charge on any atom is -0.462 e. The van der Waals surface area contributed by atoms with Crippen LogP contribution in [0.2, 0.25) is 0 Å². The molecule has 0 saturated carbocycles. The topological polar surface area (TPSA) is 237 Å². The van der Waals surface area contributed by atoms with Crippen LogP contribution < -0.4 is 0 Å². The monoisotopic (exact) mass is 1580 g/mol. The molecule has 0 aromatic heterocycles. The molecule has 0 amide bonds. The standard InChI is InChI=1S/C89H174O17P2/c1-5-9-13-17-21-25-29-33-36-39-41-44-46-50-54-58-62-66-70-74-87(92)100-80-85(106-89(94)76-72-68-64-60-56-52-48-45-42-40-37-34-30-26-22-18-14-10-6-2)82-104-108(97,98)102-78-83(90)77-101-107(95,96)103-81-84(79-99-86(91)73-69-65-61-57-53-49-32-28-24-20-16-12-8-4)105-88(93)75-71-67-63-59-55-51-47-43-38-35-31-27-23-19-15-11-7-3/h83-85,90H,5-82H2,1-4H3,(H,95,96)(H,97,98)/t83?,84-,85-/m1/s1. The average molecular weight is 1580 g/mol. The van der Waals surface area contributed by atoms with E-state index in [-0.39, 0.29) is 25.7 Å². The van der Waals surface area contributed by atoms with E-state index in [0.717, 1.165) is 89.9 Å². The maximum atomic E-state index is 13.2. The highest BCUT2D eigenvalue weighted by atomic mass is 31.2. The second-order valence-corrected chi connectivity index (χ2v) is 34.9. The number of ether oxygens (including phenoxy) is 4. The molecule has 0 bridgehead atoms. The zero-order chi connectivity index (χ0) is 78.9. The van der Waals surface area contributed by atoms with Crippen molar-refractivity contribution < 1.29 is 80.2 Å². The van der Waals surface area contributed by atoms with Crippen molar-refractivity contribution in [1.29, 1.82) is 0 Å². The average Bonchev–Trinajstić information content (AvgIpc) is 0.897. The predicted octanol–water partition coefficient (Wildman–Crippen LogP) is 27.7. The summed E-state index contributed by atoms with van der Waals surface area (Å²) < 4.78 is 69.0. The first kappa shape index (κ1) is 106. The molecule has 0 aliphatic heterocycles. The molecule has 0 heterocycles. The molecule has 0 aliphatic carbocycles. The van der Waals surface area contributed by atoms with E-state index in [1.165, 1.54) is 321 Å². The largest absolute Gasteiger partial charge is 0.472 e. The molecule has 0 saturated heterocycles. The van der Waals surface area contributed by atoms with Gasteiger partial charge in [-0.2, -0.15) is 0 Å². The Bertz CT molecular complexity index is 2030. The Balaban J connectivity index is 5.26. The van der Waals surface area contributed by atoms with Gasteiger partial charge in [-0.15, -0.1) is 0 Å². The molecule has 0 radical (unpaired) electrons. The number of carbonyl (C=O) groups is 4. The van der Waals surface area contributed by atoms with Gasteiger partial charge < -0.3 is 33.8 Å². The highest BCUT2D eigenvalue weighted by Gasteiger charge is 2.30. The van der Waals surface area contributed by atoms with Crippen molar-refractivity contribution in [2.75, 3.05) is 39.6 Å². The van der Waals surface area contributed by atoms with Crippen LogP contribution in [0.3, 0.4) is 0 Å². The fraction of sp³-hybridized carbons (Fsp3) is 0.955. The number of aliphatic hydroxyl groups excluding tert-OH is 1. The lowest BCUT2D eigenvalue weighted by atomic mass is 10.0. The second kappa shape index (κ2) is 83.0. The van der Waals surface area contributed by atoms with Crippen LogP contribution in [0.15, 0.2) is 0 Å². The highest BCUT2D eigenvalue weighted by molar-refractivity contribution is 7.47. The third kappa shape index (κ3) is 82.1. The zero-order valence-electron chi connectivity index (χ0n) is 70.8. The van der Waals surface area contributed by atoms with Crippen LogP contribution in [0.1, 0.15) is 490 Å². The molecule has 0 aromatic rings. The molecule has 0 aromatic carbocycles. The van der Waals surface area contributed by atoms with E-state index in [9.17, 15) is 43.2 Å². The molecule has 3 unspecified atom stereocenters. The smallest absolute Gasteiger partial charge is 0.462 e. The first-order valence-corrected chi connectivity index (χ1v) is 49.3. The number of esters is 4. The summed E-state index contributed by atoms with van der Waals surface area (Å²) in [4.78, 5) is 73.4. The van der Waals surface area contributed by atoms with E-state index < -0.39 is 97.5 Å². The normalized spacial score (nSPS) is 13.7. The Hall–Kier alpha value is -1.94.